The fourth-order valence-corrected chi connectivity index (χ4v) is 4.81. The molecule has 0 bridgehead atoms. The largest absolute Gasteiger partial charge is 0.391 e. The Labute approximate surface area is 161 Å². The first-order valence-corrected chi connectivity index (χ1v) is 9.90. The topological polar surface area (TPSA) is 52.6 Å². The van der Waals surface area contributed by atoms with Crippen molar-refractivity contribution in [1.29, 1.82) is 0 Å². The van der Waals surface area contributed by atoms with E-state index in [9.17, 15) is 9.90 Å². The molecule has 1 saturated carbocycles. The minimum Gasteiger partial charge on any atom is -0.391 e. The molecule has 4 atom stereocenters. The summed E-state index contributed by atoms with van der Waals surface area (Å²) in [4.78, 5) is 13.9. The van der Waals surface area contributed by atoms with Crippen LogP contribution in [0, 0.1) is 11.8 Å². The molecule has 2 fully saturated rings. The van der Waals surface area contributed by atoms with Crippen LogP contribution in [-0.2, 0) is 11.3 Å². The summed E-state index contributed by atoms with van der Waals surface area (Å²) in [5, 5.41) is 13.3. The highest BCUT2D eigenvalue weighted by Crippen LogP contribution is 2.37. The predicted octanol–water partition coefficient (Wildman–Crippen LogP) is 3.06. The van der Waals surface area contributed by atoms with Crippen molar-refractivity contribution in [3.05, 3.63) is 60.2 Å². The number of aliphatic hydroxyl groups is 1. The van der Waals surface area contributed by atoms with Crippen molar-refractivity contribution in [3.8, 4) is 11.1 Å². The normalized spacial score (nSPS) is 27.9. The summed E-state index contributed by atoms with van der Waals surface area (Å²) >= 11 is 0. The maximum Gasteiger partial charge on any atom is 0.217 e. The fraction of sp³-hybridized carbons (Fsp3) is 0.435. The molecule has 1 heterocycles. The molecule has 4 rings (SSSR count). The summed E-state index contributed by atoms with van der Waals surface area (Å²) in [5.74, 6) is 1.04. The quantitative estimate of drug-likeness (QED) is 0.877. The summed E-state index contributed by atoms with van der Waals surface area (Å²) in [6, 6.07) is 19.2. The van der Waals surface area contributed by atoms with E-state index in [-0.39, 0.29) is 11.9 Å². The number of nitrogens with one attached hydrogen (secondary N) is 1. The van der Waals surface area contributed by atoms with Gasteiger partial charge in [-0.1, -0.05) is 48.5 Å². The van der Waals surface area contributed by atoms with E-state index in [0.29, 0.717) is 11.8 Å². The van der Waals surface area contributed by atoms with Gasteiger partial charge in [0.2, 0.25) is 5.91 Å². The molecule has 4 heteroatoms. The third-order valence-electron chi connectivity index (χ3n) is 6.05. The second-order valence-electron chi connectivity index (χ2n) is 8.13. The molecule has 2 N–H and O–H groups in total. The smallest absolute Gasteiger partial charge is 0.217 e. The van der Waals surface area contributed by atoms with Gasteiger partial charge >= 0.3 is 0 Å². The average Bonchev–Trinajstić information content (AvgIpc) is 3.03. The zero-order valence-electron chi connectivity index (χ0n) is 15.8. The Bertz CT molecular complexity index is 792. The maximum atomic E-state index is 11.4. The number of hydrogen-bond donors (Lipinski definition) is 2. The Morgan fingerprint density at radius 3 is 2.48 bits per heavy atom. The van der Waals surface area contributed by atoms with Crippen LogP contribution in [0.2, 0.25) is 0 Å². The summed E-state index contributed by atoms with van der Waals surface area (Å²) in [5.41, 5.74) is 3.83. The first-order valence-electron chi connectivity index (χ1n) is 9.90. The zero-order chi connectivity index (χ0) is 18.8. The monoisotopic (exact) mass is 364 g/mol. The summed E-state index contributed by atoms with van der Waals surface area (Å²) < 4.78 is 0. The Kier molecular flexibility index (Phi) is 5.28. The molecule has 1 aliphatic heterocycles. The number of amides is 1. The Morgan fingerprint density at radius 1 is 1.04 bits per heavy atom. The summed E-state index contributed by atoms with van der Waals surface area (Å²) in [6.07, 6.45) is 1.25. The van der Waals surface area contributed by atoms with E-state index < -0.39 is 6.10 Å². The Morgan fingerprint density at radius 2 is 1.74 bits per heavy atom. The van der Waals surface area contributed by atoms with Crippen molar-refractivity contribution in [1.82, 2.24) is 10.2 Å². The number of nitrogens with zero attached hydrogens (tertiary/aromatic N) is 1. The van der Waals surface area contributed by atoms with Gasteiger partial charge in [0.05, 0.1) is 12.1 Å². The third kappa shape index (κ3) is 4.23. The second kappa shape index (κ2) is 7.83. The van der Waals surface area contributed by atoms with Crippen LogP contribution in [0.5, 0.6) is 0 Å². The number of likely N-dealkylation sites (tertiary alicyclic amines) is 1. The molecule has 1 aliphatic carbocycles. The molecule has 1 saturated heterocycles. The number of hydrogen-bond acceptors (Lipinski definition) is 3. The highest BCUT2D eigenvalue weighted by atomic mass is 16.3. The lowest BCUT2D eigenvalue weighted by Crippen LogP contribution is -2.48. The van der Waals surface area contributed by atoms with Gasteiger partial charge in [-0.3, -0.25) is 9.69 Å². The molecule has 4 nitrogen and oxygen atoms in total. The molecule has 0 radical (unpaired) electrons. The molecular formula is C23H28N2O2. The molecule has 2 aromatic rings. The van der Waals surface area contributed by atoms with Crippen LogP contribution in [0.4, 0.5) is 0 Å². The Hall–Kier alpha value is -2.17. The molecular weight excluding hydrogens is 336 g/mol. The van der Waals surface area contributed by atoms with E-state index in [1.807, 2.05) is 6.07 Å². The van der Waals surface area contributed by atoms with Crippen LogP contribution in [0.1, 0.15) is 25.3 Å². The van der Waals surface area contributed by atoms with Gasteiger partial charge in [0.1, 0.15) is 0 Å². The molecule has 27 heavy (non-hydrogen) atoms. The van der Waals surface area contributed by atoms with Gasteiger partial charge < -0.3 is 10.4 Å². The van der Waals surface area contributed by atoms with Crippen molar-refractivity contribution in [2.24, 2.45) is 11.8 Å². The van der Waals surface area contributed by atoms with Crippen molar-refractivity contribution in [2.75, 3.05) is 13.1 Å². The van der Waals surface area contributed by atoms with E-state index in [2.05, 4.69) is 58.7 Å². The SMILES string of the molecule is CC(=O)N[C@@H]1C[C@@H]2CN(Cc3cccc(-c4ccccc4)c3)C[C@@H]2C[C@H]1O. The predicted molar refractivity (Wildman–Crippen MR) is 107 cm³/mol. The number of carbonyl (C=O) groups excluding carboxylic acids is 1. The maximum absolute atomic E-state index is 11.4. The van der Waals surface area contributed by atoms with Crippen LogP contribution in [0.3, 0.4) is 0 Å². The lowest BCUT2D eigenvalue weighted by molar-refractivity contribution is -0.121. The van der Waals surface area contributed by atoms with Gasteiger partial charge in [-0.25, -0.2) is 0 Å². The molecule has 2 aliphatic rings. The summed E-state index contributed by atoms with van der Waals surface area (Å²) in [7, 11) is 0. The van der Waals surface area contributed by atoms with Crippen LogP contribution >= 0.6 is 0 Å². The second-order valence-corrected chi connectivity index (χ2v) is 8.13. The number of benzene rings is 2. The summed E-state index contributed by atoms with van der Waals surface area (Å²) in [6.45, 7) is 4.54. The van der Waals surface area contributed by atoms with Gasteiger partial charge in [0.25, 0.3) is 0 Å². The standard InChI is InChI=1S/C23H28N2O2/c1-16(26)24-22-11-20-14-25(15-21(20)12-23(22)27)13-17-6-5-9-19(10-17)18-7-3-2-4-8-18/h2-10,20-23,27H,11-15H2,1H3,(H,24,26)/t20-,21+,22-,23-/m1/s1. The fourth-order valence-electron chi connectivity index (χ4n) is 4.81. The lowest BCUT2D eigenvalue weighted by Gasteiger charge is -2.35. The molecule has 0 unspecified atom stereocenters. The van der Waals surface area contributed by atoms with E-state index >= 15 is 0 Å². The van der Waals surface area contributed by atoms with Gasteiger partial charge in [0.15, 0.2) is 0 Å². The van der Waals surface area contributed by atoms with Crippen molar-refractivity contribution < 1.29 is 9.90 Å². The van der Waals surface area contributed by atoms with Crippen molar-refractivity contribution >= 4 is 5.91 Å². The van der Waals surface area contributed by atoms with Crippen LogP contribution in [0.25, 0.3) is 11.1 Å². The van der Waals surface area contributed by atoms with E-state index in [1.54, 1.807) is 0 Å². The molecule has 0 spiro atoms. The van der Waals surface area contributed by atoms with Gasteiger partial charge in [-0.05, 0) is 47.4 Å². The minimum atomic E-state index is -0.420. The van der Waals surface area contributed by atoms with E-state index in [0.717, 1.165) is 32.5 Å². The molecule has 2 aromatic carbocycles. The van der Waals surface area contributed by atoms with E-state index in [4.69, 9.17) is 0 Å². The lowest BCUT2D eigenvalue weighted by atomic mass is 9.77. The number of fused-ring (bicyclic) bond motifs is 1. The molecule has 1 amide bonds. The highest BCUT2D eigenvalue weighted by Gasteiger charge is 2.41. The zero-order valence-corrected chi connectivity index (χ0v) is 15.8. The molecule has 0 aromatic heterocycles. The number of carbonyl (C=O) groups is 1. The first kappa shape index (κ1) is 18.2. The minimum absolute atomic E-state index is 0.0509. The van der Waals surface area contributed by atoms with Gasteiger partial charge in [-0.15, -0.1) is 0 Å². The number of rotatable bonds is 4. The highest BCUT2D eigenvalue weighted by molar-refractivity contribution is 5.73. The number of aliphatic hydroxyl groups excluding tert-OH is 1. The van der Waals surface area contributed by atoms with Crippen molar-refractivity contribution in [3.63, 3.8) is 0 Å². The van der Waals surface area contributed by atoms with Crippen LogP contribution in [-0.4, -0.2) is 41.1 Å². The van der Waals surface area contributed by atoms with Gasteiger partial charge in [0, 0.05) is 26.6 Å². The van der Waals surface area contributed by atoms with E-state index in [1.165, 1.54) is 23.6 Å². The first-order chi connectivity index (χ1) is 13.1. The van der Waals surface area contributed by atoms with Crippen LogP contribution < -0.4 is 5.32 Å². The van der Waals surface area contributed by atoms with Crippen LogP contribution in [0.15, 0.2) is 54.6 Å². The average molecular weight is 364 g/mol. The Balaban J connectivity index is 1.41. The van der Waals surface area contributed by atoms with Crippen molar-refractivity contribution in [2.45, 2.75) is 38.5 Å². The third-order valence-corrected chi connectivity index (χ3v) is 6.05. The van der Waals surface area contributed by atoms with Gasteiger partial charge in [-0.2, -0.15) is 0 Å². The molecule has 142 valence electrons.